The largest absolute Gasteiger partial charge is 0.380 e. The second-order valence-corrected chi connectivity index (χ2v) is 7.31. The quantitative estimate of drug-likeness (QED) is 0.823. The van der Waals surface area contributed by atoms with Crippen molar-refractivity contribution < 1.29 is 14.3 Å². The van der Waals surface area contributed by atoms with Crippen LogP contribution in [0.3, 0.4) is 0 Å². The van der Waals surface area contributed by atoms with E-state index in [4.69, 9.17) is 11.6 Å². The molecule has 24 heavy (non-hydrogen) atoms. The molecule has 1 aliphatic rings. The van der Waals surface area contributed by atoms with E-state index in [0.29, 0.717) is 10.6 Å². The lowest BCUT2D eigenvalue weighted by Crippen LogP contribution is -2.50. The van der Waals surface area contributed by atoms with Crippen molar-refractivity contribution in [1.29, 1.82) is 0 Å². The van der Waals surface area contributed by atoms with Gasteiger partial charge >= 0.3 is 0 Å². The van der Waals surface area contributed by atoms with Crippen molar-refractivity contribution in [3.8, 4) is 0 Å². The van der Waals surface area contributed by atoms with Crippen LogP contribution in [-0.4, -0.2) is 41.1 Å². The molecule has 2 rings (SSSR count). The maximum absolute atomic E-state index is 14.4. The monoisotopic (exact) mass is 356 g/mol. The molecule has 1 aromatic carbocycles. The van der Waals surface area contributed by atoms with Gasteiger partial charge in [-0.15, -0.1) is 0 Å². The first kappa shape index (κ1) is 19.2. The van der Waals surface area contributed by atoms with Crippen molar-refractivity contribution in [2.24, 2.45) is 5.92 Å². The van der Waals surface area contributed by atoms with Crippen LogP contribution in [0.15, 0.2) is 18.2 Å². The minimum Gasteiger partial charge on any atom is -0.380 e. The SMILES string of the molecule is CC(C)[C@@](C)(O)C(=O)NC[C@@H](c1c(F)cccc1Cl)N1CCCC1. The average Bonchev–Trinajstić information content (AvgIpc) is 3.03. The van der Waals surface area contributed by atoms with Crippen LogP contribution < -0.4 is 5.32 Å². The number of rotatable bonds is 6. The molecule has 2 atom stereocenters. The fourth-order valence-electron chi connectivity index (χ4n) is 2.93. The Morgan fingerprint density at radius 2 is 2.04 bits per heavy atom. The Morgan fingerprint density at radius 1 is 1.42 bits per heavy atom. The number of hydrogen-bond acceptors (Lipinski definition) is 3. The number of halogens is 2. The predicted octanol–water partition coefficient (Wildman–Crippen LogP) is 3.14. The number of nitrogens with zero attached hydrogens (tertiary/aromatic N) is 1. The van der Waals surface area contributed by atoms with Crippen LogP contribution in [0.25, 0.3) is 0 Å². The van der Waals surface area contributed by atoms with Gasteiger partial charge in [0.1, 0.15) is 11.4 Å². The number of benzene rings is 1. The molecular weight excluding hydrogens is 331 g/mol. The highest BCUT2D eigenvalue weighted by Gasteiger charge is 2.35. The van der Waals surface area contributed by atoms with Crippen molar-refractivity contribution in [3.05, 3.63) is 34.6 Å². The molecule has 1 amide bonds. The summed E-state index contributed by atoms with van der Waals surface area (Å²) >= 11 is 6.23. The van der Waals surface area contributed by atoms with E-state index < -0.39 is 11.5 Å². The van der Waals surface area contributed by atoms with Gasteiger partial charge in [-0.25, -0.2) is 4.39 Å². The van der Waals surface area contributed by atoms with Crippen LogP contribution >= 0.6 is 11.6 Å². The number of amides is 1. The number of hydrogen-bond donors (Lipinski definition) is 2. The first-order valence-corrected chi connectivity index (χ1v) is 8.81. The summed E-state index contributed by atoms with van der Waals surface area (Å²) in [7, 11) is 0. The number of nitrogens with one attached hydrogen (secondary N) is 1. The fourth-order valence-corrected chi connectivity index (χ4v) is 3.22. The van der Waals surface area contributed by atoms with Gasteiger partial charge in [-0.05, 0) is 50.9 Å². The second-order valence-electron chi connectivity index (χ2n) is 6.91. The standard InChI is InChI=1S/C18H26ClFN2O2/c1-12(2)18(3,24)17(23)21-11-15(22-9-4-5-10-22)16-13(19)7-6-8-14(16)20/h6-8,12,15,24H,4-5,9-11H2,1-3H3,(H,21,23)/t15-,18+/m0/s1. The molecule has 0 aromatic heterocycles. The molecule has 2 N–H and O–H groups in total. The number of aliphatic hydroxyl groups is 1. The molecule has 0 radical (unpaired) electrons. The van der Waals surface area contributed by atoms with Gasteiger partial charge in [0.05, 0.1) is 6.04 Å². The third kappa shape index (κ3) is 4.08. The maximum atomic E-state index is 14.4. The molecule has 1 saturated heterocycles. The third-order valence-electron chi connectivity index (χ3n) is 4.95. The van der Waals surface area contributed by atoms with Crippen LogP contribution in [0.1, 0.15) is 45.2 Å². The normalized spacial score (nSPS) is 19.3. The van der Waals surface area contributed by atoms with Gasteiger partial charge in [0.2, 0.25) is 0 Å². The minimum absolute atomic E-state index is 0.211. The molecule has 6 heteroatoms. The molecule has 1 aromatic rings. The molecule has 0 saturated carbocycles. The van der Waals surface area contributed by atoms with E-state index in [1.807, 2.05) is 0 Å². The lowest BCUT2D eigenvalue weighted by Gasteiger charge is -2.31. The predicted molar refractivity (Wildman–Crippen MR) is 93.4 cm³/mol. The van der Waals surface area contributed by atoms with E-state index in [2.05, 4.69) is 10.2 Å². The summed E-state index contributed by atoms with van der Waals surface area (Å²) in [5, 5.41) is 13.4. The molecule has 4 nitrogen and oxygen atoms in total. The number of carbonyl (C=O) groups is 1. The van der Waals surface area contributed by atoms with Crippen LogP contribution in [0.5, 0.6) is 0 Å². The topological polar surface area (TPSA) is 52.6 Å². The summed E-state index contributed by atoms with van der Waals surface area (Å²) in [4.78, 5) is 14.5. The van der Waals surface area contributed by atoms with Crippen molar-refractivity contribution in [3.63, 3.8) is 0 Å². The fraction of sp³-hybridized carbons (Fsp3) is 0.611. The highest BCUT2D eigenvalue weighted by molar-refractivity contribution is 6.31. The average molecular weight is 357 g/mol. The highest BCUT2D eigenvalue weighted by Crippen LogP contribution is 2.32. The van der Waals surface area contributed by atoms with Gasteiger partial charge in [0, 0.05) is 17.1 Å². The van der Waals surface area contributed by atoms with E-state index >= 15 is 0 Å². The van der Waals surface area contributed by atoms with Crippen molar-refractivity contribution in [2.45, 2.75) is 45.3 Å². The molecule has 1 heterocycles. The Hall–Kier alpha value is -1.17. The summed E-state index contributed by atoms with van der Waals surface area (Å²) in [5.41, 5.74) is -1.06. The van der Waals surface area contributed by atoms with Gasteiger partial charge in [0.15, 0.2) is 0 Å². The van der Waals surface area contributed by atoms with E-state index in [1.54, 1.807) is 26.0 Å². The lowest BCUT2D eigenvalue weighted by molar-refractivity contribution is -0.142. The minimum atomic E-state index is -1.46. The zero-order valence-corrected chi connectivity index (χ0v) is 15.2. The summed E-state index contributed by atoms with van der Waals surface area (Å²) in [6.45, 7) is 6.95. The van der Waals surface area contributed by atoms with Gasteiger partial charge in [-0.2, -0.15) is 0 Å². The van der Waals surface area contributed by atoms with E-state index in [1.165, 1.54) is 13.0 Å². The zero-order chi connectivity index (χ0) is 17.9. The highest BCUT2D eigenvalue weighted by atomic mass is 35.5. The summed E-state index contributed by atoms with van der Waals surface area (Å²) < 4.78 is 14.4. The molecule has 0 spiro atoms. The van der Waals surface area contributed by atoms with Crippen molar-refractivity contribution in [1.82, 2.24) is 10.2 Å². The zero-order valence-electron chi connectivity index (χ0n) is 14.5. The Kier molecular flexibility index (Phi) is 6.23. The summed E-state index contributed by atoms with van der Waals surface area (Å²) in [6.07, 6.45) is 2.08. The molecule has 0 bridgehead atoms. The second kappa shape index (κ2) is 7.81. The van der Waals surface area contributed by atoms with Crippen molar-refractivity contribution in [2.75, 3.05) is 19.6 Å². The first-order chi connectivity index (χ1) is 11.2. The van der Waals surface area contributed by atoms with Crippen LogP contribution in [0.2, 0.25) is 5.02 Å². The lowest BCUT2D eigenvalue weighted by atomic mass is 9.91. The van der Waals surface area contributed by atoms with Crippen LogP contribution in [0.4, 0.5) is 4.39 Å². The Morgan fingerprint density at radius 3 is 2.58 bits per heavy atom. The molecule has 0 unspecified atom stereocenters. The molecule has 1 fully saturated rings. The molecule has 1 aliphatic heterocycles. The Bertz CT molecular complexity index is 566. The Balaban J connectivity index is 2.21. The van der Waals surface area contributed by atoms with Gasteiger partial charge in [0.25, 0.3) is 5.91 Å². The molecular formula is C18H26ClFN2O2. The Labute approximate surface area is 148 Å². The van der Waals surface area contributed by atoms with E-state index in [9.17, 15) is 14.3 Å². The van der Waals surface area contributed by atoms with Gasteiger partial charge in [-0.1, -0.05) is 31.5 Å². The maximum Gasteiger partial charge on any atom is 0.252 e. The van der Waals surface area contributed by atoms with Crippen LogP contribution in [0, 0.1) is 11.7 Å². The molecule has 0 aliphatic carbocycles. The smallest absolute Gasteiger partial charge is 0.252 e. The summed E-state index contributed by atoms with van der Waals surface area (Å²) in [5.74, 6) is -1.04. The van der Waals surface area contributed by atoms with E-state index in [-0.39, 0.29) is 24.3 Å². The van der Waals surface area contributed by atoms with Gasteiger partial charge in [-0.3, -0.25) is 9.69 Å². The van der Waals surface area contributed by atoms with Crippen molar-refractivity contribution >= 4 is 17.5 Å². The number of carbonyl (C=O) groups excluding carboxylic acids is 1. The van der Waals surface area contributed by atoms with E-state index in [0.717, 1.165) is 25.9 Å². The first-order valence-electron chi connectivity index (χ1n) is 8.43. The third-order valence-corrected chi connectivity index (χ3v) is 5.28. The number of likely N-dealkylation sites (tertiary alicyclic amines) is 1. The van der Waals surface area contributed by atoms with Crippen LogP contribution in [-0.2, 0) is 4.79 Å². The molecule has 134 valence electrons. The van der Waals surface area contributed by atoms with Gasteiger partial charge < -0.3 is 10.4 Å². The summed E-state index contributed by atoms with van der Waals surface area (Å²) in [6, 6.07) is 4.28.